The Morgan fingerprint density at radius 2 is 1.71 bits per heavy atom. The summed E-state index contributed by atoms with van der Waals surface area (Å²) in [5.74, 6) is 3.69. The maximum atomic E-state index is 13.0. The van der Waals surface area contributed by atoms with Crippen LogP contribution in [-0.2, 0) is 17.8 Å². The van der Waals surface area contributed by atoms with Crippen LogP contribution in [0.15, 0.2) is 64.7 Å². The number of carbonyl (C=O) groups is 1. The molecule has 8 heteroatoms. The Balaban J connectivity index is 1.35. The van der Waals surface area contributed by atoms with Crippen molar-refractivity contribution < 1.29 is 23.4 Å². The van der Waals surface area contributed by atoms with Gasteiger partial charge in [-0.05, 0) is 85.9 Å². The quantitative estimate of drug-likeness (QED) is 0.223. The first-order valence-electron chi connectivity index (χ1n) is 12.9. The van der Waals surface area contributed by atoms with Gasteiger partial charge in [-0.3, -0.25) is 9.69 Å². The van der Waals surface area contributed by atoms with Crippen LogP contribution in [0.25, 0.3) is 6.08 Å². The van der Waals surface area contributed by atoms with E-state index < -0.39 is 0 Å². The summed E-state index contributed by atoms with van der Waals surface area (Å²) in [6.45, 7) is 10.0. The minimum atomic E-state index is -0.189. The number of hydrogen-bond donors (Lipinski definition) is 1. The van der Waals surface area contributed by atoms with E-state index in [1.165, 1.54) is 5.56 Å². The summed E-state index contributed by atoms with van der Waals surface area (Å²) in [5.41, 5.74) is 2.67. The second-order valence-electron chi connectivity index (χ2n) is 9.16. The number of benzene rings is 2. The standard InChI is InChI=1S/C30H34N2O5S/c1-5-34-27-14-7-21(17-28(27)35-6-2)15-16-32-29(33)26(31-30(32)38)18-24-12-13-25(37-24)19-36-23-10-8-22(9-11-23)20(3)4/h7-14,17-18,20H,5-6,15-16,19H2,1-4H3,(H,31,38)/b26-18+. The molecule has 2 heterocycles. The molecule has 0 aliphatic carbocycles. The van der Waals surface area contributed by atoms with Gasteiger partial charge in [-0.25, -0.2) is 0 Å². The summed E-state index contributed by atoms with van der Waals surface area (Å²) >= 11 is 5.43. The molecule has 2 aromatic carbocycles. The number of carbonyl (C=O) groups excluding carboxylic acids is 1. The number of ether oxygens (including phenoxy) is 3. The van der Waals surface area contributed by atoms with E-state index >= 15 is 0 Å². The highest BCUT2D eigenvalue weighted by Gasteiger charge is 2.30. The first kappa shape index (κ1) is 27.3. The third-order valence-corrected chi connectivity index (χ3v) is 6.41. The van der Waals surface area contributed by atoms with Crippen LogP contribution in [-0.4, -0.2) is 35.7 Å². The molecule has 7 nitrogen and oxygen atoms in total. The van der Waals surface area contributed by atoms with Crippen molar-refractivity contribution in [3.05, 3.63) is 82.9 Å². The van der Waals surface area contributed by atoms with Crippen molar-refractivity contribution >= 4 is 29.3 Å². The third-order valence-electron chi connectivity index (χ3n) is 6.09. The topological polar surface area (TPSA) is 73.2 Å². The lowest BCUT2D eigenvalue weighted by Gasteiger charge is -2.15. The Morgan fingerprint density at radius 1 is 0.974 bits per heavy atom. The zero-order valence-electron chi connectivity index (χ0n) is 22.3. The van der Waals surface area contributed by atoms with Gasteiger partial charge < -0.3 is 23.9 Å². The minimum absolute atomic E-state index is 0.189. The molecule has 0 spiro atoms. The predicted octanol–water partition coefficient (Wildman–Crippen LogP) is 6.08. The fourth-order valence-corrected chi connectivity index (χ4v) is 4.35. The van der Waals surface area contributed by atoms with Crippen LogP contribution >= 0.6 is 12.2 Å². The van der Waals surface area contributed by atoms with E-state index in [9.17, 15) is 4.79 Å². The van der Waals surface area contributed by atoms with Crippen LogP contribution in [0.5, 0.6) is 17.2 Å². The Bertz CT molecular complexity index is 1300. The monoisotopic (exact) mass is 534 g/mol. The lowest BCUT2D eigenvalue weighted by atomic mass is 10.0. The van der Waals surface area contributed by atoms with E-state index in [4.69, 9.17) is 30.8 Å². The average Bonchev–Trinajstić information content (AvgIpc) is 3.46. The number of amides is 1. The van der Waals surface area contributed by atoms with E-state index in [-0.39, 0.29) is 5.91 Å². The zero-order chi connectivity index (χ0) is 27.1. The number of nitrogens with one attached hydrogen (secondary N) is 1. The van der Waals surface area contributed by atoms with Gasteiger partial charge >= 0.3 is 0 Å². The molecule has 4 rings (SSSR count). The second-order valence-corrected chi connectivity index (χ2v) is 9.55. The van der Waals surface area contributed by atoms with Crippen LogP contribution in [0.1, 0.15) is 56.3 Å². The molecule has 1 aliphatic heterocycles. The minimum Gasteiger partial charge on any atom is -0.490 e. The Hall–Kier alpha value is -3.78. The molecule has 1 fully saturated rings. The summed E-state index contributed by atoms with van der Waals surface area (Å²) < 4.78 is 23.1. The van der Waals surface area contributed by atoms with Crippen molar-refractivity contribution in [2.75, 3.05) is 19.8 Å². The highest BCUT2D eigenvalue weighted by atomic mass is 32.1. The van der Waals surface area contributed by atoms with Crippen LogP contribution in [0.4, 0.5) is 0 Å². The molecule has 0 atom stereocenters. The highest BCUT2D eigenvalue weighted by molar-refractivity contribution is 7.80. The van der Waals surface area contributed by atoms with Gasteiger partial charge in [-0.2, -0.15) is 0 Å². The molecule has 0 unspecified atom stereocenters. The molecule has 1 aliphatic rings. The molecule has 1 saturated heterocycles. The van der Waals surface area contributed by atoms with Gasteiger partial charge in [0.05, 0.1) is 13.2 Å². The highest BCUT2D eigenvalue weighted by Crippen LogP contribution is 2.29. The molecular formula is C30H34N2O5S. The Morgan fingerprint density at radius 3 is 2.42 bits per heavy atom. The van der Waals surface area contributed by atoms with Gasteiger partial charge in [0.2, 0.25) is 0 Å². The van der Waals surface area contributed by atoms with Gasteiger partial charge in [0.15, 0.2) is 16.6 Å². The number of thiocarbonyl (C=S) groups is 1. The summed E-state index contributed by atoms with van der Waals surface area (Å²) in [4.78, 5) is 14.6. The van der Waals surface area contributed by atoms with E-state index in [1.54, 1.807) is 11.0 Å². The van der Waals surface area contributed by atoms with Crippen molar-refractivity contribution in [1.29, 1.82) is 0 Å². The van der Waals surface area contributed by atoms with Gasteiger partial charge in [-0.15, -0.1) is 0 Å². The first-order chi connectivity index (χ1) is 18.4. The molecule has 0 bridgehead atoms. The zero-order valence-corrected chi connectivity index (χ0v) is 23.1. The molecule has 38 heavy (non-hydrogen) atoms. The smallest absolute Gasteiger partial charge is 0.276 e. The number of furan rings is 1. The molecule has 0 saturated carbocycles. The van der Waals surface area contributed by atoms with Crippen LogP contribution in [0.3, 0.4) is 0 Å². The predicted molar refractivity (Wildman–Crippen MR) is 151 cm³/mol. The van der Waals surface area contributed by atoms with Gasteiger partial charge in [0, 0.05) is 12.6 Å². The maximum absolute atomic E-state index is 13.0. The number of nitrogens with zero attached hydrogens (tertiary/aromatic N) is 1. The fraction of sp³-hybridized carbons (Fsp3) is 0.333. The van der Waals surface area contributed by atoms with Gasteiger partial charge in [0.25, 0.3) is 5.91 Å². The molecular weight excluding hydrogens is 500 g/mol. The Labute approximate surface area is 229 Å². The molecule has 1 amide bonds. The lowest BCUT2D eigenvalue weighted by Crippen LogP contribution is -2.32. The second kappa shape index (κ2) is 12.6. The van der Waals surface area contributed by atoms with Crippen LogP contribution < -0.4 is 19.5 Å². The third kappa shape index (κ3) is 6.75. The van der Waals surface area contributed by atoms with Gasteiger partial charge in [-0.1, -0.05) is 32.0 Å². The van der Waals surface area contributed by atoms with E-state index in [2.05, 4.69) is 31.3 Å². The maximum Gasteiger partial charge on any atom is 0.276 e. The van der Waals surface area contributed by atoms with Crippen molar-refractivity contribution in [3.63, 3.8) is 0 Å². The molecule has 1 aromatic heterocycles. The van der Waals surface area contributed by atoms with E-state index in [0.717, 1.165) is 11.3 Å². The first-order valence-corrected chi connectivity index (χ1v) is 13.3. The fourth-order valence-electron chi connectivity index (χ4n) is 4.06. The van der Waals surface area contributed by atoms with Crippen molar-refractivity contribution in [1.82, 2.24) is 10.2 Å². The normalized spacial score (nSPS) is 14.3. The van der Waals surface area contributed by atoms with Crippen molar-refractivity contribution in [2.24, 2.45) is 0 Å². The lowest BCUT2D eigenvalue weighted by molar-refractivity contribution is -0.122. The van der Waals surface area contributed by atoms with Crippen molar-refractivity contribution in [3.8, 4) is 17.2 Å². The SMILES string of the molecule is CCOc1ccc(CCN2C(=O)/C(=C\c3ccc(COc4ccc(C(C)C)cc4)o3)NC2=S)cc1OCC. The average molecular weight is 535 g/mol. The van der Waals surface area contributed by atoms with Gasteiger partial charge in [0.1, 0.15) is 29.6 Å². The van der Waals surface area contributed by atoms with E-state index in [1.807, 2.05) is 56.3 Å². The number of rotatable bonds is 12. The largest absolute Gasteiger partial charge is 0.490 e. The van der Waals surface area contributed by atoms with Crippen LogP contribution in [0, 0.1) is 0 Å². The summed E-state index contributed by atoms with van der Waals surface area (Å²) in [5, 5.41) is 3.38. The van der Waals surface area contributed by atoms with E-state index in [0.29, 0.717) is 72.5 Å². The summed E-state index contributed by atoms with van der Waals surface area (Å²) in [6, 6.07) is 17.5. The Kier molecular flexibility index (Phi) is 9.07. The van der Waals surface area contributed by atoms with Crippen molar-refractivity contribution in [2.45, 2.75) is 46.6 Å². The van der Waals surface area contributed by atoms with Crippen LogP contribution in [0.2, 0.25) is 0 Å². The summed E-state index contributed by atoms with van der Waals surface area (Å²) in [7, 11) is 0. The molecule has 3 aromatic rings. The molecule has 1 N–H and O–H groups in total. The summed E-state index contributed by atoms with van der Waals surface area (Å²) in [6.07, 6.45) is 2.29. The molecule has 200 valence electrons. The molecule has 0 radical (unpaired) electrons. The number of hydrogen-bond acceptors (Lipinski definition) is 6.